The number of nitrogens with two attached hydrogens (primary N) is 1. The van der Waals surface area contributed by atoms with Gasteiger partial charge >= 0.3 is 0 Å². The fourth-order valence-corrected chi connectivity index (χ4v) is 3.55. The van der Waals surface area contributed by atoms with Crippen LogP contribution in [0.5, 0.6) is 0 Å². The van der Waals surface area contributed by atoms with Crippen molar-refractivity contribution in [2.45, 2.75) is 37.6 Å². The van der Waals surface area contributed by atoms with Gasteiger partial charge in [-0.05, 0) is 38.0 Å². The number of aliphatic imine (C=N–C) groups is 1. The first-order valence-electron chi connectivity index (χ1n) is 8.14. The van der Waals surface area contributed by atoms with E-state index in [-0.39, 0.29) is 22.7 Å². The fourth-order valence-electron chi connectivity index (χ4n) is 3.55. The first kappa shape index (κ1) is 16.2. The second-order valence-corrected chi connectivity index (χ2v) is 7.29. The summed E-state index contributed by atoms with van der Waals surface area (Å²) in [4.78, 5) is 16.2. The molecule has 4 rings (SSSR count). The summed E-state index contributed by atoms with van der Waals surface area (Å²) in [7, 11) is 0. The minimum absolute atomic E-state index is 0.00788. The largest absolute Gasteiger partial charge is 0.465 e. The number of amides is 1. The maximum Gasteiger partial charge on any atom is 0.282 e. The van der Waals surface area contributed by atoms with Crippen molar-refractivity contribution in [1.82, 2.24) is 0 Å². The van der Waals surface area contributed by atoms with Crippen molar-refractivity contribution < 1.29 is 22.7 Å². The lowest BCUT2D eigenvalue weighted by Gasteiger charge is -2.38. The molecule has 2 aliphatic carbocycles. The monoisotopic (exact) mass is 353 g/mol. The maximum absolute atomic E-state index is 14.5. The summed E-state index contributed by atoms with van der Waals surface area (Å²) in [6.07, 6.45) is 1.20. The Labute approximate surface area is 142 Å². The Morgan fingerprint density at radius 3 is 2.68 bits per heavy atom. The Balaban J connectivity index is 1.66. The van der Waals surface area contributed by atoms with E-state index in [4.69, 9.17) is 10.5 Å². The van der Waals surface area contributed by atoms with E-state index >= 15 is 0 Å². The van der Waals surface area contributed by atoms with Crippen molar-refractivity contribution in [3.05, 3.63) is 29.6 Å². The van der Waals surface area contributed by atoms with Gasteiger partial charge in [0, 0.05) is 23.1 Å². The average Bonchev–Trinajstić information content (AvgIpc) is 3.43. The lowest BCUT2D eigenvalue weighted by Crippen LogP contribution is -2.43. The highest BCUT2D eigenvalue weighted by Gasteiger charge is 2.62. The zero-order valence-corrected chi connectivity index (χ0v) is 13.6. The highest BCUT2D eigenvalue weighted by molar-refractivity contribution is 5.95. The van der Waals surface area contributed by atoms with Crippen molar-refractivity contribution in [2.75, 3.05) is 11.9 Å². The van der Waals surface area contributed by atoms with E-state index in [1.165, 1.54) is 18.2 Å². The molecule has 3 N–H and O–H groups in total. The van der Waals surface area contributed by atoms with Crippen molar-refractivity contribution >= 4 is 17.6 Å². The molecule has 8 heteroatoms. The molecule has 2 saturated carbocycles. The number of rotatable bonds is 3. The Bertz CT molecular complexity index is 791. The maximum atomic E-state index is 14.5. The van der Waals surface area contributed by atoms with Crippen LogP contribution in [0.4, 0.5) is 18.9 Å². The van der Waals surface area contributed by atoms with Crippen LogP contribution in [0.25, 0.3) is 0 Å². The molecule has 1 aromatic carbocycles. The molecule has 1 unspecified atom stereocenters. The van der Waals surface area contributed by atoms with Gasteiger partial charge in [0.2, 0.25) is 5.91 Å². The number of carbonyl (C=O) groups is 1. The number of amidine groups is 1. The molecule has 134 valence electrons. The van der Waals surface area contributed by atoms with Crippen LogP contribution in [-0.4, -0.2) is 24.5 Å². The molecule has 0 bridgehead atoms. The molecule has 3 aliphatic rings. The van der Waals surface area contributed by atoms with Gasteiger partial charge in [0.15, 0.2) is 0 Å². The van der Waals surface area contributed by atoms with Crippen LogP contribution in [0.3, 0.4) is 0 Å². The quantitative estimate of drug-likeness (QED) is 0.877. The molecule has 1 aromatic rings. The number of nitrogens with one attached hydrogen (secondary N) is 1. The van der Waals surface area contributed by atoms with E-state index in [0.29, 0.717) is 6.61 Å². The summed E-state index contributed by atoms with van der Waals surface area (Å²) < 4.78 is 45.9. The highest BCUT2D eigenvalue weighted by Crippen LogP contribution is 2.62. The Morgan fingerprint density at radius 1 is 1.40 bits per heavy atom. The van der Waals surface area contributed by atoms with Gasteiger partial charge in [0.1, 0.15) is 17.3 Å². The summed E-state index contributed by atoms with van der Waals surface area (Å²) in [5.74, 6) is -5.51. The molecular weight excluding hydrogens is 335 g/mol. The van der Waals surface area contributed by atoms with E-state index in [1.54, 1.807) is 6.92 Å². The van der Waals surface area contributed by atoms with Crippen molar-refractivity contribution in [3.8, 4) is 0 Å². The molecule has 25 heavy (non-hydrogen) atoms. The normalized spacial score (nSPS) is 31.0. The fraction of sp³-hybridized carbons (Fsp3) is 0.529. The number of ether oxygens (including phenoxy) is 1. The van der Waals surface area contributed by atoms with E-state index in [0.717, 1.165) is 12.8 Å². The van der Waals surface area contributed by atoms with Crippen molar-refractivity contribution in [1.29, 1.82) is 0 Å². The summed E-state index contributed by atoms with van der Waals surface area (Å²) in [6, 6.07) is 4.01. The zero-order valence-electron chi connectivity index (χ0n) is 13.6. The first-order valence-corrected chi connectivity index (χ1v) is 8.14. The Morgan fingerprint density at radius 2 is 2.08 bits per heavy atom. The third kappa shape index (κ3) is 2.46. The van der Waals surface area contributed by atoms with Gasteiger partial charge < -0.3 is 15.8 Å². The molecule has 0 saturated heterocycles. The Kier molecular flexibility index (Phi) is 3.18. The van der Waals surface area contributed by atoms with E-state index in [2.05, 4.69) is 10.3 Å². The standard InChI is InChI=1S/C17H18F3N3O2/c1-15(16(4-5-16)8-25-14(21)23-15)10-6-9(2-3-12(10)18)22-13(24)11-7-17(11,19)20/h2-3,6,11H,4-5,7-8H2,1H3,(H2,21,23)(H,22,24)/t11?,15-/m0/s1. The molecule has 2 fully saturated rings. The molecule has 1 spiro atoms. The molecule has 1 aliphatic heterocycles. The topological polar surface area (TPSA) is 76.7 Å². The van der Waals surface area contributed by atoms with Crippen LogP contribution in [0.15, 0.2) is 23.2 Å². The number of benzene rings is 1. The second-order valence-electron chi connectivity index (χ2n) is 7.29. The number of halogens is 3. The molecule has 1 heterocycles. The predicted octanol–water partition coefficient (Wildman–Crippen LogP) is 2.76. The Hall–Kier alpha value is -2.25. The third-order valence-electron chi connectivity index (χ3n) is 5.62. The number of hydrogen-bond acceptors (Lipinski definition) is 4. The predicted molar refractivity (Wildman–Crippen MR) is 84.7 cm³/mol. The minimum atomic E-state index is -2.95. The van der Waals surface area contributed by atoms with Gasteiger partial charge in [0.05, 0.1) is 6.61 Å². The molecule has 0 aromatic heterocycles. The number of anilines is 1. The van der Waals surface area contributed by atoms with Crippen molar-refractivity contribution in [2.24, 2.45) is 22.1 Å². The van der Waals surface area contributed by atoms with Crippen LogP contribution < -0.4 is 11.1 Å². The van der Waals surface area contributed by atoms with E-state index < -0.39 is 35.5 Å². The van der Waals surface area contributed by atoms with Crippen LogP contribution in [-0.2, 0) is 15.1 Å². The van der Waals surface area contributed by atoms with Crippen LogP contribution in [0, 0.1) is 17.2 Å². The van der Waals surface area contributed by atoms with Crippen LogP contribution in [0.2, 0.25) is 0 Å². The number of alkyl halides is 2. The molecule has 5 nitrogen and oxygen atoms in total. The number of carbonyl (C=O) groups excluding carboxylic acids is 1. The molecule has 2 atom stereocenters. The van der Waals surface area contributed by atoms with E-state index in [9.17, 15) is 18.0 Å². The minimum Gasteiger partial charge on any atom is -0.465 e. The van der Waals surface area contributed by atoms with Gasteiger partial charge in [-0.3, -0.25) is 4.79 Å². The van der Waals surface area contributed by atoms with Crippen LogP contribution >= 0.6 is 0 Å². The smallest absolute Gasteiger partial charge is 0.282 e. The van der Waals surface area contributed by atoms with Gasteiger partial charge in [-0.2, -0.15) is 0 Å². The average molecular weight is 353 g/mol. The van der Waals surface area contributed by atoms with Crippen molar-refractivity contribution in [3.63, 3.8) is 0 Å². The molecule has 0 radical (unpaired) electrons. The number of nitrogens with zero attached hydrogens (tertiary/aromatic N) is 1. The lowest BCUT2D eigenvalue weighted by molar-refractivity contribution is -0.119. The van der Waals surface area contributed by atoms with Gasteiger partial charge in [0.25, 0.3) is 11.9 Å². The zero-order chi connectivity index (χ0) is 18.0. The second kappa shape index (κ2) is 4.89. The summed E-state index contributed by atoms with van der Waals surface area (Å²) in [5.41, 5.74) is 4.98. The van der Waals surface area contributed by atoms with Gasteiger partial charge in [-0.15, -0.1) is 0 Å². The highest BCUT2D eigenvalue weighted by atomic mass is 19.3. The van der Waals surface area contributed by atoms with Crippen LogP contribution in [0.1, 0.15) is 31.7 Å². The first-order chi connectivity index (χ1) is 11.7. The summed E-state index contributed by atoms with van der Waals surface area (Å²) in [5, 5.41) is 2.45. The molecular formula is C17H18F3N3O2. The number of hydrogen-bond donors (Lipinski definition) is 2. The van der Waals surface area contributed by atoms with Gasteiger partial charge in [-0.1, -0.05) is 0 Å². The summed E-state index contributed by atoms with van der Waals surface area (Å²) >= 11 is 0. The molecule has 1 amide bonds. The summed E-state index contributed by atoms with van der Waals surface area (Å²) in [6.45, 7) is 2.14. The lowest BCUT2D eigenvalue weighted by atomic mass is 9.76. The SMILES string of the molecule is C[C@@]1(c2cc(NC(=O)C3CC3(F)F)ccc2F)N=C(N)OCC12CC2. The van der Waals surface area contributed by atoms with E-state index in [1.807, 2.05) is 0 Å². The van der Waals surface area contributed by atoms with Gasteiger partial charge in [-0.25, -0.2) is 18.2 Å². The third-order valence-corrected chi connectivity index (χ3v) is 5.62.